The molecule has 1 fully saturated rings. The Labute approximate surface area is 74.6 Å². The van der Waals surface area contributed by atoms with E-state index in [9.17, 15) is 0 Å². The van der Waals surface area contributed by atoms with Gasteiger partial charge in [-0.1, -0.05) is 6.92 Å². The van der Waals surface area contributed by atoms with Crippen LogP contribution in [0.1, 0.15) is 26.7 Å². The van der Waals surface area contributed by atoms with Gasteiger partial charge in [-0.25, -0.2) is 10.9 Å². The van der Waals surface area contributed by atoms with Crippen molar-refractivity contribution in [2.75, 3.05) is 13.6 Å². The lowest BCUT2D eigenvalue weighted by atomic mass is 9.82. The molecule has 2 atom stereocenters. The third-order valence-electron chi connectivity index (χ3n) is 2.50. The van der Waals surface area contributed by atoms with Crippen LogP contribution in [0.2, 0.25) is 0 Å². The third-order valence-corrected chi connectivity index (χ3v) is 2.50. The third kappa shape index (κ3) is 2.42. The van der Waals surface area contributed by atoms with E-state index in [0.29, 0.717) is 6.04 Å². The van der Waals surface area contributed by atoms with Gasteiger partial charge in [0.25, 0.3) is 0 Å². The van der Waals surface area contributed by atoms with Crippen molar-refractivity contribution in [2.24, 2.45) is 5.92 Å². The number of rotatable bonds is 5. The van der Waals surface area contributed by atoms with Gasteiger partial charge in [-0.3, -0.25) is 0 Å². The molecule has 0 saturated heterocycles. The van der Waals surface area contributed by atoms with Gasteiger partial charge < -0.3 is 0 Å². The smallest absolute Gasteiger partial charge is 0.0273 e. The largest absolute Gasteiger partial charge is 0.246 e. The molecule has 12 heavy (non-hydrogen) atoms. The average molecular weight is 172 g/mol. The zero-order valence-corrected chi connectivity index (χ0v) is 8.22. The van der Waals surface area contributed by atoms with E-state index < -0.39 is 0 Å². The van der Waals surface area contributed by atoms with Crippen LogP contribution in [-0.2, 0) is 0 Å². The monoisotopic (exact) mass is 172 g/mol. The molecule has 3 N–H and O–H groups in total. The van der Waals surface area contributed by atoms with Crippen LogP contribution in [0, 0.1) is 5.92 Å². The highest BCUT2D eigenvalue weighted by Crippen LogP contribution is 2.26. The SMILES string of the molecule is CCN(NNC)NC1CCC1C. The van der Waals surface area contributed by atoms with Crippen LogP contribution < -0.4 is 16.4 Å². The second kappa shape index (κ2) is 4.77. The van der Waals surface area contributed by atoms with Crippen LogP contribution in [0.25, 0.3) is 0 Å². The van der Waals surface area contributed by atoms with Crippen molar-refractivity contribution in [1.82, 2.24) is 21.5 Å². The summed E-state index contributed by atoms with van der Waals surface area (Å²) in [5, 5.41) is 1.99. The van der Waals surface area contributed by atoms with Gasteiger partial charge in [-0.2, -0.15) is 10.7 Å². The Hall–Kier alpha value is -0.160. The Morgan fingerprint density at radius 3 is 2.50 bits per heavy atom. The van der Waals surface area contributed by atoms with Crippen LogP contribution in [-0.4, -0.2) is 24.8 Å². The molecule has 0 aromatic carbocycles. The van der Waals surface area contributed by atoms with Crippen molar-refractivity contribution >= 4 is 0 Å². The minimum atomic E-state index is 0.658. The van der Waals surface area contributed by atoms with E-state index in [0.717, 1.165) is 12.5 Å². The highest BCUT2D eigenvalue weighted by Gasteiger charge is 2.27. The van der Waals surface area contributed by atoms with E-state index in [2.05, 4.69) is 30.2 Å². The number of hydrogen-bond acceptors (Lipinski definition) is 4. The molecule has 0 aliphatic heterocycles. The summed E-state index contributed by atoms with van der Waals surface area (Å²) in [5.74, 6) is 0.817. The normalized spacial score (nSPS) is 29.0. The maximum absolute atomic E-state index is 3.41. The second-order valence-corrected chi connectivity index (χ2v) is 3.40. The molecule has 0 heterocycles. The van der Waals surface area contributed by atoms with Crippen molar-refractivity contribution in [3.63, 3.8) is 0 Å². The molecule has 0 aromatic heterocycles. The molecular formula is C8H20N4. The zero-order chi connectivity index (χ0) is 8.97. The molecular weight excluding hydrogens is 152 g/mol. The van der Waals surface area contributed by atoms with Crippen LogP contribution in [0.5, 0.6) is 0 Å². The van der Waals surface area contributed by atoms with Crippen molar-refractivity contribution in [3.8, 4) is 0 Å². The Balaban J connectivity index is 2.17. The van der Waals surface area contributed by atoms with Crippen molar-refractivity contribution in [2.45, 2.75) is 32.7 Å². The van der Waals surface area contributed by atoms with Crippen LogP contribution in [0.4, 0.5) is 0 Å². The van der Waals surface area contributed by atoms with Gasteiger partial charge in [-0.15, -0.1) is 0 Å². The summed E-state index contributed by atoms with van der Waals surface area (Å²) in [4.78, 5) is 0. The van der Waals surface area contributed by atoms with Crippen molar-refractivity contribution < 1.29 is 0 Å². The first-order chi connectivity index (χ1) is 5.77. The van der Waals surface area contributed by atoms with Gasteiger partial charge in [0.15, 0.2) is 0 Å². The summed E-state index contributed by atoms with van der Waals surface area (Å²) >= 11 is 0. The molecule has 0 amide bonds. The lowest BCUT2D eigenvalue weighted by molar-refractivity contribution is 0.0339. The van der Waals surface area contributed by atoms with E-state index in [-0.39, 0.29) is 0 Å². The van der Waals surface area contributed by atoms with E-state index >= 15 is 0 Å². The predicted octanol–water partition coefficient (Wildman–Crippen LogP) is 0.250. The maximum atomic E-state index is 3.41. The van der Waals surface area contributed by atoms with E-state index in [1.165, 1.54) is 12.8 Å². The second-order valence-electron chi connectivity index (χ2n) is 3.40. The fraction of sp³-hybridized carbons (Fsp3) is 1.00. The van der Waals surface area contributed by atoms with Crippen LogP contribution in [0.3, 0.4) is 0 Å². The first-order valence-electron chi connectivity index (χ1n) is 4.74. The minimum absolute atomic E-state index is 0.658. The minimum Gasteiger partial charge on any atom is -0.246 e. The van der Waals surface area contributed by atoms with E-state index in [4.69, 9.17) is 0 Å². The van der Waals surface area contributed by atoms with Gasteiger partial charge >= 0.3 is 0 Å². The highest BCUT2D eigenvalue weighted by molar-refractivity contribution is 4.82. The molecule has 0 spiro atoms. The Kier molecular flexibility index (Phi) is 3.94. The lowest BCUT2D eigenvalue weighted by Crippen LogP contribution is -2.59. The standard InChI is InChI=1S/C8H20N4/c1-4-12(11-9-3)10-8-6-5-7(8)2/h7-11H,4-6H2,1-3H3. The summed E-state index contributed by atoms with van der Waals surface area (Å²) in [6.45, 7) is 5.35. The molecule has 1 rings (SSSR count). The molecule has 72 valence electrons. The fourth-order valence-electron chi connectivity index (χ4n) is 1.40. The number of hydrogen-bond donors (Lipinski definition) is 3. The molecule has 4 heteroatoms. The Morgan fingerprint density at radius 1 is 1.42 bits per heavy atom. The topological polar surface area (TPSA) is 39.3 Å². The average Bonchev–Trinajstić information content (AvgIpc) is 2.09. The molecule has 2 unspecified atom stereocenters. The molecule has 0 aromatic rings. The summed E-state index contributed by atoms with van der Waals surface area (Å²) in [6, 6.07) is 0.658. The summed E-state index contributed by atoms with van der Waals surface area (Å²) < 4.78 is 0. The van der Waals surface area contributed by atoms with Gasteiger partial charge in [0, 0.05) is 12.6 Å². The van der Waals surface area contributed by atoms with Gasteiger partial charge in [0.1, 0.15) is 0 Å². The summed E-state index contributed by atoms with van der Waals surface area (Å²) in [5.41, 5.74) is 9.34. The van der Waals surface area contributed by atoms with Crippen LogP contribution >= 0.6 is 0 Å². The lowest BCUT2D eigenvalue weighted by Gasteiger charge is -2.38. The van der Waals surface area contributed by atoms with Crippen LogP contribution in [0.15, 0.2) is 0 Å². The van der Waals surface area contributed by atoms with Gasteiger partial charge in [0.2, 0.25) is 0 Å². The maximum Gasteiger partial charge on any atom is 0.0273 e. The molecule has 4 nitrogen and oxygen atoms in total. The quantitative estimate of drug-likeness (QED) is 0.520. The first-order valence-corrected chi connectivity index (χ1v) is 4.74. The fourth-order valence-corrected chi connectivity index (χ4v) is 1.40. The molecule has 0 bridgehead atoms. The summed E-state index contributed by atoms with van der Waals surface area (Å²) in [7, 11) is 1.87. The van der Waals surface area contributed by atoms with Gasteiger partial charge in [-0.05, 0) is 32.7 Å². The molecule has 0 radical (unpaired) electrons. The van der Waals surface area contributed by atoms with E-state index in [1.807, 2.05) is 12.2 Å². The Bertz CT molecular complexity index is 128. The summed E-state index contributed by atoms with van der Waals surface area (Å²) in [6.07, 6.45) is 2.65. The highest BCUT2D eigenvalue weighted by atomic mass is 15.8. The zero-order valence-electron chi connectivity index (χ0n) is 8.22. The number of hydrazine groups is 3. The molecule has 1 saturated carbocycles. The van der Waals surface area contributed by atoms with Crippen molar-refractivity contribution in [1.29, 1.82) is 0 Å². The van der Waals surface area contributed by atoms with E-state index in [1.54, 1.807) is 0 Å². The number of nitrogens with one attached hydrogen (secondary N) is 3. The number of nitrogens with zero attached hydrogens (tertiary/aromatic N) is 1. The predicted molar refractivity (Wildman–Crippen MR) is 49.9 cm³/mol. The Morgan fingerprint density at radius 2 is 2.17 bits per heavy atom. The van der Waals surface area contributed by atoms with Gasteiger partial charge in [0.05, 0.1) is 0 Å². The first kappa shape index (κ1) is 9.92. The van der Waals surface area contributed by atoms with Crippen molar-refractivity contribution in [3.05, 3.63) is 0 Å². The molecule has 1 aliphatic rings. The molecule has 1 aliphatic carbocycles.